The monoisotopic (exact) mass is 337 g/mol. The summed E-state index contributed by atoms with van der Waals surface area (Å²) in [5.74, 6) is -0.349. The topological polar surface area (TPSA) is 63.2 Å². The van der Waals surface area contributed by atoms with E-state index in [1.165, 1.54) is 18.2 Å². The third-order valence-electron chi connectivity index (χ3n) is 3.24. The number of nitrogens with one attached hydrogen (secondary N) is 1. The summed E-state index contributed by atoms with van der Waals surface area (Å²) in [7, 11) is -3.48. The summed E-state index contributed by atoms with van der Waals surface area (Å²) in [5, 5.41) is 2.94. The highest BCUT2D eigenvalue weighted by molar-refractivity contribution is 7.90. The third-order valence-corrected chi connectivity index (χ3v) is 4.82. The van der Waals surface area contributed by atoms with Gasteiger partial charge >= 0.3 is 0 Å². The second-order valence-electron chi connectivity index (χ2n) is 5.02. The third kappa shape index (κ3) is 3.87. The van der Waals surface area contributed by atoms with Crippen LogP contribution in [0.25, 0.3) is 0 Å². The van der Waals surface area contributed by atoms with Crippen LogP contribution in [-0.2, 0) is 9.84 Å². The first-order chi connectivity index (χ1) is 10.3. The van der Waals surface area contributed by atoms with Gasteiger partial charge in [-0.15, -0.1) is 0 Å². The average Bonchev–Trinajstić information content (AvgIpc) is 2.47. The second kappa shape index (κ2) is 6.50. The summed E-state index contributed by atoms with van der Waals surface area (Å²) in [4.78, 5) is 12.2. The largest absolute Gasteiger partial charge is 0.346 e. The highest BCUT2D eigenvalue weighted by atomic mass is 35.5. The van der Waals surface area contributed by atoms with Gasteiger partial charge in [0.2, 0.25) is 0 Å². The van der Waals surface area contributed by atoms with Crippen LogP contribution in [0.3, 0.4) is 0 Å². The molecule has 116 valence electrons. The average molecular weight is 338 g/mol. The summed E-state index contributed by atoms with van der Waals surface area (Å²) in [6, 6.07) is 13.5. The Morgan fingerprint density at radius 2 is 1.77 bits per heavy atom. The minimum Gasteiger partial charge on any atom is -0.346 e. The van der Waals surface area contributed by atoms with Crippen LogP contribution in [0.4, 0.5) is 0 Å². The maximum Gasteiger partial charge on any atom is 0.251 e. The van der Waals surface area contributed by atoms with Gasteiger partial charge in [0.05, 0.1) is 16.0 Å². The minimum atomic E-state index is -3.48. The Bertz CT molecular complexity index is 788. The number of halogens is 1. The van der Waals surface area contributed by atoms with Gasteiger partial charge in [-0.3, -0.25) is 4.79 Å². The van der Waals surface area contributed by atoms with Crippen molar-refractivity contribution in [3.05, 3.63) is 64.7 Å². The molecule has 22 heavy (non-hydrogen) atoms. The zero-order valence-corrected chi connectivity index (χ0v) is 13.8. The molecule has 0 aromatic heterocycles. The van der Waals surface area contributed by atoms with Gasteiger partial charge in [-0.25, -0.2) is 8.42 Å². The summed E-state index contributed by atoms with van der Waals surface area (Å²) < 4.78 is 23.3. The van der Waals surface area contributed by atoms with E-state index in [1.54, 1.807) is 0 Å². The van der Waals surface area contributed by atoms with E-state index in [2.05, 4.69) is 5.32 Å². The van der Waals surface area contributed by atoms with E-state index >= 15 is 0 Å². The predicted molar refractivity (Wildman–Crippen MR) is 86.9 cm³/mol. The summed E-state index contributed by atoms with van der Waals surface area (Å²) in [6.45, 7) is 1.86. The van der Waals surface area contributed by atoms with Crippen LogP contribution < -0.4 is 5.32 Å². The molecule has 0 unspecified atom stereocenters. The molecular weight excluding hydrogens is 322 g/mol. The van der Waals surface area contributed by atoms with Gasteiger partial charge in [0.25, 0.3) is 5.91 Å². The fourth-order valence-electron chi connectivity index (χ4n) is 2.03. The first kappa shape index (κ1) is 16.5. The summed E-state index contributed by atoms with van der Waals surface area (Å²) >= 11 is 5.88. The Morgan fingerprint density at radius 1 is 1.14 bits per heavy atom. The lowest BCUT2D eigenvalue weighted by Gasteiger charge is -2.15. The number of hydrogen-bond donors (Lipinski definition) is 1. The van der Waals surface area contributed by atoms with Gasteiger partial charge in [-0.05, 0) is 30.7 Å². The lowest BCUT2D eigenvalue weighted by atomic mass is 10.1. The molecule has 1 N–H and O–H groups in total. The molecular formula is C16H16ClNO3S. The Hall–Kier alpha value is -1.85. The number of benzene rings is 2. The molecule has 2 aromatic carbocycles. The lowest BCUT2D eigenvalue weighted by molar-refractivity contribution is 0.0939. The summed E-state index contributed by atoms with van der Waals surface area (Å²) in [6.07, 6.45) is 1.06. The molecule has 0 saturated carbocycles. The van der Waals surface area contributed by atoms with E-state index in [0.717, 1.165) is 11.8 Å². The SMILES string of the molecule is C[C@H](NC(=O)c1ccc(Cl)c(S(C)(=O)=O)c1)c1ccccc1. The molecule has 6 heteroatoms. The molecule has 0 heterocycles. The number of carbonyl (C=O) groups excluding carboxylic acids is 1. The van der Waals surface area contributed by atoms with Gasteiger partial charge < -0.3 is 5.32 Å². The molecule has 1 atom stereocenters. The maximum absolute atomic E-state index is 12.3. The molecule has 1 amide bonds. The van der Waals surface area contributed by atoms with E-state index in [1.807, 2.05) is 37.3 Å². The van der Waals surface area contributed by atoms with Crippen molar-refractivity contribution in [3.63, 3.8) is 0 Å². The molecule has 0 fully saturated rings. The van der Waals surface area contributed by atoms with Crippen LogP contribution >= 0.6 is 11.6 Å². The fraction of sp³-hybridized carbons (Fsp3) is 0.188. The van der Waals surface area contributed by atoms with Crippen molar-refractivity contribution in [1.29, 1.82) is 0 Å². The second-order valence-corrected chi connectivity index (χ2v) is 7.41. The zero-order valence-electron chi connectivity index (χ0n) is 12.2. The standard InChI is InChI=1S/C16H16ClNO3S/c1-11(12-6-4-3-5-7-12)18-16(19)13-8-9-14(17)15(10-13)22(2,20)21/h3-11H,1-2H3,(H,18,19)/t11-/m0/s1. The van der Waals surface area contributed by atoms with Crippen LogP contribution in [0.15, 0.2) is 53.4 Å². The Morgan fingerprint density at radius 3 is 2.36 bits per heavy atom. The van der Waals surface area contributed by atoms with Crippen LogP contribution in [-0.4, -0.2) is 20.6 Å². The van der Waals surface area contributed by atoms with E-state index in [9.17, 15) is 13.2 Å². The van der Waals surface area contributed by atoms with Gasteiger partial charge in [-0.2, -0.15) is 0 Å². The molecule has 4 nitrogen and oxygen atoms in total. The smallest absolute Gasteiger partial charge is 0.251 e. The van der Waals surface area contributed by atoms with E-state index in [-0.39, 0.29) is 27.4 Å². The molecule has 0 aliphatic rings. The van der Waals surface area contributed by atoms with Crippen LogP contribution in [0.2, 0.25) is 5.02 Å². The number of hydrogen-bond acceptors (Lipinski definition) is 3. The summed E-state index contributed by atoms with van der Waals surface area (Å²) in [5.41, 5.74) is 1.22. The maximum atomic E-state index is 12.3. The van der Waals surface area contributed by atoms with Crippen molar-refractivity contribution in [2.24, 2.45) is 0 Å². The van der Waals surface area contributed by atoms with Gasteiger partial charge in [-0.1, -0.05) is 41.9 Å². The van der Waals surface area contributed by atoms with Crippen molar-refractivity contribution in [2.75, 3.05) is 6.26 Å². The Labute approximate surface area is 135 Å². The van der Waals surface area contributed by atoms with E-state index in [0.29, 0.717) is 0 Å². The first-order valence-electron chi connectivity index (χ1n) is 6.64. The minimum absolute atomic E-state index is 0.0471. The van der Waals surface area contributed by atoms with Crippen LogP contribution in [0, 0.1) is 0 Å². The predicted octanol–water partition coefficient (Wildman–Crippen LogP) is 3.23. The van der Waals surface area contributed by atoms with E-state index in [4.69, 9.17) is 11.6 Å². The quantitative estimate of drug-likeness (QED) is 0.931. The Balaban J connectivity index is 2.24. The molecule has 0 aliphatic heterocycles. The van der Waals surface area contributed by atoms with Gasteiger partial charge in [0, 0.05) is 11.8 Å². The van der Waals surface area contributed by atoms with Crippen molar-refractivity contribution in [3.8, 4) is 0 Å². The number of rotatable bonds is 4. The highest BCUT2D eigenvalue weighted by Crippen LogP contribution is 2.23. The van der Waals surface area contributed by atoms with Gasteiger partial charge in [0.15, 0.2) is 9.84 Å². The normalized spacial score (nSPS) is 12.7. The van der Waals surface area contributed by atoms with Crippen LogP contribution in [0.1, 0.15) is 28.9 Å². The van der Waals surface area contributed by atoms with Gasteiger partial charge in [0.1, 0.15) is 0 Å². The van der Waals surface area contributed by atoms with Crippen molar-refractivity contribution >= 4 is 27.3 Å². The van der Waals surface area contributed by atoms with E-state index < -0.39 is 9.84 Å². The molecule has 0 saturated heterocycles. The molecule has 0 spiro atoms. The first-order valence-corrected chi connectivity index (χ1v) is 8.91. The van der Waals surface area contributed by atoms with Crippen molar-refractivity contribution < 1.29 is 13.2 Å². The Kier molecular flexibility index (Phi) is 4.88. The van der Waals surface area contributed by atoms with Crippen molar-refractivity contribution in [1.82, 2.24) is 5.32 Å². The zero-order chi connectivity index (χ0) is 16.3. The molecule has 0 radical (unpaired) electrons. The number of carbonyl (C=O) groups is 1. The molecule has 0 aliphatic carbocycles. The number of amides is 1. The molecule has 2 rings (SSSR count). The lowest BCUT2D eigenvalue weighted by Crippen LogP contribution is -2.26. The van der Waals surface area contributed by atoms with Crippen LogP contribution in [0.5, 0.6) is 0 Å². The molecule has 0 bridgehead atoms. The fourth-order valence-corrected chi connectivity index (χ4v) is 3.34. The highest BCUT2D eigenvalue weighted by Gasteiger charge is 2.17. The van der Waals surface area contributed by atoms with Crippen molar-refractivity contribution in [2.45, 2.75) is 17.9 Å². The number of sulfone groups is 1. The molecule has 2 aromatic rings.